The second-order valence-corrected chi connectivity index (χ2v) is 5.44. The fourth-order valence-corrected chi connectivity index (χ4v) is 3.48. The number of hydrogen-bond acceptors (Lipinski definition) is 3. The molecule has 102 valence electrons. The average Bonchev–Trinajstić information content (AvgIpc) is 2.43. The lowest BCUT2D eigenvalue weighted by atomic mass is 9.82. The first-order chi connectivity index (χ1) is 9.24. The van der Waals surface area contributed by atoms with Gasteiger partial charge in [-0.05, 0) is 44.1 Å². The normalized spacial score (nSPS) is 18.1. The highest BCUT2D eigenvalue weighted by Crippen LogP contribution is 2.29. The third-order valence-electron chi connectivity index (χ3n) is 4.31. The molecule has 0 saturated heterocycles. The molecule has 0 spiro atoms. The van der Waals surface area contributed by atoms with E-state index in [2.05, 4.69) is 0 Å². The molecule has 4 nitrogen and oxygen atoms in total. The van der Waals surface area contributed by atoms with Crippen LogP contribution >= 0.6 is 0 Å². The number of Topliss-reactive ketones (excluding diaryl/α,β-unsaturated/α-hetero) is 1. The molecule has 1 heterocycles. The largest absolute Gasteiger partial charge is 0.395 e. The highest BCUT2D eigenvalue weighted by molar-refractivity contribution is 5.99. The number of nitrogens with zero attached hydrogens (tertiary/aromatic N) is 1. The summed E-state index contributed by atoms with van der Waals surface area (Å²) in [4.78, 5) is 24.8. The van der Waals surface area contributed by atoms with Crippen molar-refractivity contribution >= 4 is 5.78 Å². The van der Waals surface area contributed by atoms with Crippen LogP contribution < -0.4 is 5.56 Å². The molecule has 2 aliphatic rings. The van der Waals surface area contributed by atoms with Crippen LogP contribution in [0.25, 0.3) is 0 Å². The van der Waals surface area contributed by atoms with Gasteiger partial charge in [-0.25, -0.2) is 0 Å². The Kier molecular flexibility index (Phi) is 3.27. The standard InChI is InChI=1S/C15H19NO3/c17-9-8-16-12-6-3-7-13(18)14(12)10-4-1-2-5-11(10)15(16)19/h17H,1-9H2. The first kappa shape index (κ1) is 12.6. The molecule has 0 saturated carbocycles. The van der Waals surface area contributed by atoms with Crippen molar-refractivity contribution in [1.82, 2.24) is 4.57 Å². The van der Waals surface area contributed by atoms with Crippen molar-refractivity contribution in [2.75, 3.05) is 6.61 Å². The van der Waals surface area contributed by atoms with Gasteiger partial charge in [-0.2, -0.15) is 0 Å². The molecular weight excluding hydrogens is 242 g/mol. The van der Waals surface area contributed by atoms with E-state index in [1.807, 2.05) is 0 Å². The number of rotatable bonds is 2. The fourth-order valence-electron chi connectivity index (χ4n) is 3.48. The second kappa shape index (κ2) is 4.93. The predicted molar refractivity (Wildman–Crippen MR) is 71.7 cm³/mol. The maximum absolute atomic E-state index is 12.5. The molecule has 0 radical (unpaired) electrons. The van der Waals surface area contributed by atoms with E-state index in [1.54, 1.807) is 4.57 Å². The summed E-state index contributed by atoms with van der Waals surface area (Å²) in [5.74, 6) is 0.186. The van der Waals surface area contributed by atoms with Crippen LogP contribution in [0, 0.1) is 0 Å². The van der Waals surface area contributed by atoms with Gasteiger partial charge in [-0.1, -0.05) is 0 Å². The molecule has 4 heteroatoms. The lowest BCUT2D eigenvalue weighted by molar-refractivity contribution is 0.0968. The van der Waals surface area contributed by atoms with Crippen LogP contribution in [0.2, 0.25) is 0 Å². The number of ketones is 1. The molecule has 1 N–H and O–H groups in total. The van der Waals surface area contributed by atoms with Crippen LogP contribution in [0.1, 0.15) is 52.9 Å². The molecule has 1 aromatic rings. The third-order valence-corrected chi connectivity index (χ3v) is 4.31. The van der Waals surface area contributed by atoms with Gasteiger partial charge in [0.2, 0.25) is 0 Å². The lowest BCUT2D eigenvalue weighted by Crippen LogP contribution is -2.35. The molecule has 0 atom stereocenters. The first-order valence-electron chi connectivity index (χ1n) is 7.15. The van der Waals surface area contributed by atoms with Gasteiger partial charge in [0, 0.05) is 29.8 Å². The minimum Gasteiger partial charge on any atom is -0.395 e. The van der Waals surface area contributed by atoms with Crippen LogP contribution in [0.3, 0.4) is 0 Å². The van der Waals surface area contributed by atoms with Gasteiger partial charge in [0.25, 0.3) is 5.56 Å². The summed E-state index contributed by atoms with van der Waals surface area (Å²) >= 11 is 0. The molecule has 0 bridgehead atoms. The Balaban J connectivity index is 2.30. The monoisotopic (exact) mass is 261 g/mol. The number of hydrogen-bond donors (Lipinski definition) is 1. The number of fused-ring (bicyclic) bond motifs is 3. The fraction of sp³-hybridized carbons (Fsp3) is 0.600. The molecule has 0 amide bonds. The smallest absolute Gasteiger partial charge is 0.254 e. The van der Waals surface area contributed by atoms with Crippen molar-refractivity contribution in [2.24, 2.45) is 0 Å². The Bertz CT molecular complexity index is 586. The molecule has 0 aromatic carbocycles. The zero-order valence-electron chi connectivity index (χ0n) is 11.1. The van der Waals surface area contributed by atoms with Crippen molar-refractivity contribution in [3.63, 3.8) is 0 Å². The minimum atomic E-state index is -0.0562. The Morgan fingerprint density at radius 2 is 1.68 bits per heavy atom. The zero-order valence-corrected chi connectivity index (χ0v) is 11.1. The number of pyridine rings is 1. The molecule has 2 aliphatic carbocycles. The number of aromatic nitrogens is 1. The van der Waals surface area contributed by atoms with E-state index in [1.165, 1.54) is 0 Å². The molecule has 0 aliphatic heterocycles. The van der Waals surface area contributed by atoms with Gasteiger partial charge >= 0.3 is 0 Å². The summed E-state index contributed by atoms with van der Waals surface area (Å²) in [7, 11) is 0. The minimum absolute atomic E-state index is 0.0252. The topological polar surface area (TPSA) is 59.3 Å². The average molecular weight is 261 g/mol. The summed E-state index contributed by atoms with van der Waals surface area (Å²) in [5.41, 5.74) is 3.56. The van der Waals surface area contributed by atoms with Crippen molar-refractivity contribution in [2.45, 2.75) is 51.5 Å². The molecule has 0 unspecified atom stereocenters. The molecule has 19 heavy (non-hydrogen) atoms. The van der Waals surface area contributed by atoms with Gasteiger partial charge < -0.3 is 9.67 Å². The second-order valence-electron chi connectivity index (χ2n) is 5.44. The highest BCUT2D eigenvalue weighted by atomic mass is 16.3. The van der Waals surface area contributed by atoms with Crippen LogP contribution in [0.15, 0.2) is 4.79 Å². The van der Waals surface area contributed by atoms with Crippen LogP contribution in [-0.2, 0) is 25.8 Å². The summed E-state index contributed by atoms with van der Waals surface area (Å²) in [6, 6.07) is 0. The quantitative estimate of drug-likeness (QED) is 0.871. The third kappa shape index (κ3) is 1.94. The zero-order chi connectivity index (χ0) is 13.4. The van der Waals surface area contributed by atoms with E-state index in [0.29, 0.717) is 13.0 Å². The Morgan fingerprint density at radius 3 is 2.42 bits per heavy atom. The van der Waals surface area contributed by atoms with Crippen LogP contribution in [0.4, 0.5) is 0 Å². The molecule has 3 rings (SSSR count). The van der Waals surface area contributed by atoms with Gasteiger partial charge in [0.1, 0.15) is 0 Å². The Hall–Kier alpha value is -1.42. The van der Waals surface area contributed by atoms with Crippen molar-refractivity contribution in [1.29, 1.82) is 0 Å². The lowest BCUT2D eigenvalue weighted by Gasteiger charge is -2.27. The predicted octanol–water partition coefficient (Wildman–Crippen LogP) is 1.24. The van der Waals surface area contributed by atoms with Crippen molar-refractivity contribution in [3.05, 3.63) is 32.7 Å². The van der Waals surface area contributed by atoms with E-state index in [9.17, 15) is 14.7 Å². The maximum atomic E-state index is 12.5. The maximum Gasteiger partial charge on any atom is 0.254 e. The molecule has 1 aromatic heterocycles. The summed E-state index contributed by atoms with van der Waals surface area (Å²) in [5, 5.41) is 9.17. The number of carbonyl (C=O) groups excluding carboxylic acids is 1. The van der Waals surface area contributed by atoms with Gasteiger partial charge in [-0.15, -0.1) is 0 Å². The Labute approximate surface area is 112 Å². The first-order valence-corrected chi connectivity index (χ1v) is 7.15. The van der Waals surface area contributed by atoms with E-state index in [0.717, 1.165) is 60.9 Å². The van der Waals surface area contributed by atoms with E-state index in [4.69, 9.17) is 0 Å². The summed E-state index contributed by atoms with van der Waals surface area (Å²) < 4.78 is 1.65. The van der Waals surface area contributed by atoms with Crippen molar-refractivity contribution < 1.29 is 9.90 Å². The summed E-state index contributed by atoms with van der Waals surface area (Å²) in [6.45, 7) is 0.251. The van der Waals surface area contributed by atoms with Crippen LogP contribution in [0.5, 0.6) is 0 Å². The van der Waals surface area contributed by atoms with Crippen LogP contribution in [-0.4, -0.2) is 22.1 Å². The molecular formula is C15H19NO3. The SMILES string of the molecule is O=C1CCCc2c1c1c(c(=O)n2CCO)CCCC1. The highest BCUT2D eigenvalue weighted by Gasteiger charge is 2.28. The molecule has 0 fully saturated rings. The number of aliphatic hydroxyl groups is 1. The van der Waals surface area contributed by atoms with Gasteiger partial charge in [0.05, 0.1) is 6.61 Å². The summed E-state index contributed by atoms with van der Waals surface area (Å²) in [6.07, 6.45) is 5.92. The number of carbonyl (C=O) groups is 1. The van der Waals surface area contributed by atoms with Gasteiger partial charge in [0.15, 0.2) is 5.78 Å². The Morgan fingerprint density at radius 1 is 0.947 bits per heavy atom. The number of aliphatic hydroxyl groups excluding tert-OH is 1. The van der Waals surface area contributed by atoms with E-state index in [-0.39, 0.29) is 17.9 Å². The van der Waals surface area contributed by atoms with E-state index >= 15 is 0 Å². The van der Waals surface area contributed by atoms with E-state index < -0.39 is 0 Å². The van der Waals surface area contributed by atoms with Gasteiger partial charge in [-0.3, -0.25) is 9.59 Å². The van der Waals surface area contributed by atoms with Crippen molar-refractivity contribution in [3.8, 4) is 0 Å².